The molecule has 1 aliphatic heterocycles. The monoisotopic (exact) mass is 235 g/mol. The molecular formula is C13H17NO3. The van der Waals surface area contributed by atoms with Gasteiger partial charge in [-0.15, -0.1) is 0 Å². The fraction of sp³-hybridized carbons (Fsp3) is 0.462. The van der Waals surface area contributed by atoms with Gasteiger partial charge in [-0.1, -0.05) is 18.2 Å². The maximum absolute atomic E-state index is 11.5. The molecule has 1 aromatic rings. The highest BCUT2D eigenvalue weighted by Gasteiger charge is 2.48. The zero-order chi connectivity index (χ0) is 12.8. The summed E-state index contributed by atoms with van der Waals surface area (Å²) < 4.78 is 5.85. The zero-order valence-electron chi connectivity index (χ0n) is 10.3. The molecule has 4 nitrogen and oxygen atoms in total. The summed E-state index contributed by atoms with van der Waals surface area (Å²) in [5.74, 6) is -0.408. The van der Waals surface area contributed by atoms with E-state index >= 15 is 0 Å². The van der Waals surface area contributed by atoms with Crippen LogP contribution in [0.3, 0.4) is 0 Å². The van der Waals surface area contributed by atoms with E-state index in [1.165, 1.54) is 0 Å². The third-order valence-corrected chi connectivity index (χ3v) is 3.16. The van der Waals surface area contributed by atoms with Crippen LogP contribution in [0.1, 0.15) is 31.4 Å². The van der Waals surface area contributed by atoms with Crippen molar-refractivity contribution in [2.75, 3.05) is 0 Å². The second-order valence-electron chi connectivity index (χ2n) is 5.27. The number of nitrogens with two attached hydrogens (primary N) is 1. The van der Waals surface area contributed by atoms with Crippen LogP contribution in [0, 0.1) is 6.92 Å². The molecule has 0 aromatic heterocycles. The molecule has 1 aromatic carbocycles. The number of fused-ring (bicyclic) bond motifs is 1. The largest absolute Gasteiger partial charge is 0.487 e. The summed E-state index contributed by atoms with van der Waals surface area (Å²) in [5.41, 5.74) is 5.60. The van der Waals surface area contributed by atoms with Crippen molar-refractivity contribution in [3.63, 3.8) is 0 Å². The van der Waals surface area contributed by atoms with Crippen LogP contribution in [0.25, 0.3) is 0 Å². The number of rotatable bonds is 1. The Morgan fingerprint density at radius 1 is 1.47 bits per heavy atom. The fourth-order valence-electron chi connectivity index (χ4n) is 2.41. The molecule has 0 saturated heterocycles. The summed E-state index contributed by atoms with van der Waals surface area (Å²) in [6.07, 6.45) is 0.256. The van der Waals surface area contributed by atoms with E-state index in [1.807, 2.05) is 26.8 Å². The van der Waals surface area contributed by atoms with Crippen LogP contribution in [-0.2, 0) is 10.3 Å². The van der Waals surface area contributed by atoms with E-state index < -0.39 is 17.1 Å². The Hall–Kier alpha value is -1.55. The quantitative estimate of drug-likeness (QED) is 0.778. The molecular weight excluding hydrogens is 218 g/mol. The van der Waals surface area contributed by atoms with Crippen LogP contribution in [0.2, 0.25) is 0 Å². The minimum atomic E-state index is -1.37. The summed E-state index contributed by atoms with van der Waals surface area (Å²) >= 11 is 0. The molecule has 1 unspecified atom stereocenters. The van der Waals surface area contributed by atoms with E-state index in [1.54, 1.807) is 12.1 Å². The number of carboxylic acids is 1. The molecule has 0 fully saturated rings. The molecule has 2 rings (SSSR count). The van der Waals surface area contributed by atoms with Gasteiger partial charge in [0.05, 0.1) is 0 Å². The first kappa shape index (κ1) is 11.9. The molecule has 0 radical (unpaired) electrons. The normalized spacial score (nSPS) is 25.9. The number of para-hydroxylation sites is 1. The number of carbonyl (C=O) groups is 1. The van der Waals surface area contributed by atoms with Gasteiger partial charge in [-0.05, 0) is 26.3 Å². The standard InChI is InChI=1S/C13H17NO3/c1-8-5-4-6-9-10(8)17-12(2,3)7-13(9,14)11(15)16/h4-6H,7,14H2,1-3H3,(H,15,16). The van der Waals surface area contributed by atoms with Crippen molar-refractivity contribution in [1.29, 1.82) is 0 Å². The second kappa shape index (κ2) is 3.47. The van der Waals surface area contributed by atoms with Crippen molar-refractivity contribution in [3.05, 3.63) is 29.3 Å². The Kier molecular flexibility index (Phi) is 2.43. The van der Waals surface area contributed by atoms with Gasteiger partial charge < -0.3 is 15.6 Å². The van der Waals surface area contributed by atoms with E-state index in [4.69, 9.17) is 10.5 Å². The average Bonchev–Trinajstić information content (AvgIpc) is 2.18. The minimum Gasteiger partial charge on any atom is -0.487 e. The van der Waals surface area contributed by atoms with Crippen molar-refractivity contribution in [2.45, 2.75) is 38.3 Å². The van der Waals surface area contributed by atoms with Crippen LogP contribution in [0.15, 0.2) is 18.2 Å². The maximum Gasteiger partial charge on any atom is 0.328 e. The summed E-state index contributed by atoms with van der Waals surface area (Å²) in [6.45, 7) is 5.60. The molecule has 0 spiro atoms. The van der Waals surface area contributed by atoms with E-state index in [0.717, 1.165) is 5.56 Å². The first-order valence-corrected chi connectivity index (χ1v) is 5.58. The highest BCUT2D eigenvalue weighted by atomic mass is 16.5. The SMILES string of the molecule is Cc1cccc2c1OC(C)(C)CC2(N)C(=O)O. The Balaban J connectivity index is 2.68. The molecule has 0 aliphatic carbocycles. The van der Waals surface area contributed by atoms with Crippen LogP contribution in [0.4, 0.5) is 0 Å². The van der Waals surface area contributed by atoms with Crippen molar-refractivity contribution >= 4 is 5.97 Å². The summed E-state index contributed by atoms with van der Waals surface area (Å²) in [4.78, 5) is 11.5. The molecule has 1 aliphatic rings. The first-order valence-electron chi connectivity index (χ1n) is 5.58. The topological polar surface area (TPSA) is 72.5 Å². The van der Waals surface area contributed by atoms with Gasteiger partial charge in [0.2, 0.25) is 0 Å². The Morgan fingerprint density at radius 2 is 2.12 bits per heavy atom. The van der Waals surface area contributed by atoms with E-state index in [2.05, 4.69) is 0 Å². The number of hydrogen-bond donors (Lipinski definition) is 2. The second-order valence-corrected chi connectivity index (χ2v) is 5.27. The van der Waals surface area contributed by atoms with Crippen molar-refractivity contribution in [2.24, 2.45) is 5.73 Å². The predicted molar refractivity (Wildman–Crippen MR) is 64.0 cm³/mol. The molecule has 1 heterocycles. The third-order valence-electron chi connectivity index (χ3n) is 3.16. The van der Waals surface area contributed by atoms with Gasteiger partial charge in [0.25, 0.3) is 0 Å². The van der Waals surface area contributed by atoms with E-state index in [-0.39, 0.29) is 6.42 Å². The minimum absolute atomic E-state index is 0.256. The van der Waals surface area contributed by atoms with Crippen molar-refractivity contribution < 1.29 is 14.6 Å². The van der Waals surface area contributed by atoms with Crippen LogP contribution < -0.4 is 10.5 Å². The fourth-order valence-corrected chi connectivity index (χ4v) is 2.41. The number of hydrogen-bond acceptors (Lipinski definition) is 3. The lowest BCUT2D eigenvalue weighted by Crippen LogP contribution is -2.54. The number of aliphatic carboxylic acids is 1. The molecule has 0 bridgehead atoms. The van der Waals surface area contributed by atoms with Gasteiger partial charge in [0.1, 0.15) is 16.9 Å². The highest BCUT2D eigenvalue weighted by molar-refractivity contribution is 5.82. The Morgan fingerprint density at radius 3 is 2.71 bits per heavy atom. The molecule has 1 atom stereocenters. The Labute approximate surface area is 100 Å². The lowest BCUT2D eigenvalue weighted by Gasteiger charge is -2.42. The van der Waals surface area contributed by atoms with Crippen LogP contribution in [0.5, 0.6) is 5.75 Å². The summed E-state index contributed by atoms with van der Waals surface area (Å²) in [6, 6.07) is 5.43. The van der Waals surface area contributed by atoms with Gasteiger partial charge >= 0.3 is 5.97 Å². The summed E-state index contributed by atoms with van der Waals surface area (Å²) in [7, 11) is 0. The van der Waals surface area contributed by atoms with Gasteiger partial charge in [-0.3, -0.25) is 0 Å². The Bertz CT molecular complexity index is 482. The van der Waals surface area contributed by atoms with Gasteiger partial charge in [0, 0.05) is 12.0 Å². The van der Waals surface area contributed by atoms with Gasteiger partial charge in [0.15, 0.2) is 0 Å². The smallest absolute Gasteiger partial charge is 0.328 e. The zero-order valence-corrected chi connectivity index (χ0v) is 10.3. The maximum atomic E-state index is 11.5. The van der Waals surface area contributed by atoms with Crippen LogP contribution in [-0.4, -0.2) is 16.7 Å². The van der Waals surface area contributed by atoms with Gasteiger partial charge in [-0.25, -0.2) is 4.79 Å². The number of benzene rings is 1. The third kappa shape index (κ3) is 1.78. The number of aryl methyl sites for hydroxylation is 1. The van der Waals surface area contributed by atoms with E-state index in [9.17, 15) is 9.90 Å². The van der Waals surface area contributed by atoms with Crippen LogP contribution >= 0.6 is 0 Å². The van der Waals surface area contributed by atoms with Crippen molar-refractivity contribution in [1.82, 2.24) is 0 Å². The molecule has 0 amide bonds. The molecule has 17 heavy (non-hydrogen) atoms. The predicted octanol–water partition coefficient (Wildman–Crippen LogP) is 1.79. The average molecular weight is 235 g/mol. The van der Waals surface area contributed by atoms with Crippen molar-refractivity contribution in [3.8, 4) is 5.75 Å². The first-order chi connectivity index (χ1) is 7.76. The number of carboxylic acid groups (broad SMARTS) is 1. The molecule has 4 heteroatoms. The lowest BCUT2D eigenvalue weighted by molar-refractivity contribution is -0.147. The van der Waals surface area contributed by atoms with E-state index in [0.29, 0.717) is 11.3 Å². The van der Waals surface area contributed by atoms with Gasteiger partial charge in [-0.2, -0.15) is 0 Å². The molecule has 92 valence electrons. The number of ether oxygens (including phenoxy) is 1. The molecule has 3 N–H and O–H groups in total. The summed E-state index contributed by atoms with van der Waals surface area (Å²) in [5, 5.41) is 9.39. The molecule has 0 saturated carbocycles. The lowest BCUT2D eigenvalue weighted by atomic mass is 9.78. The highest BCUT2D eigenvalue weighted by Crippen LogP contribution is 2.43.